The minimum absolute atomic E-state index is 0.246. The molecule has 0 fully saturated rings. The van der Waals surface area contributed by atoms with Gasteiger partial charge in [-0.05, 0) is 59.8 Å². The molecule has 0 atom stereocenters. The molecule has 0 amide bonds. The van der Waals surface area contributed by atoms with Gasteiger partial charge in [0.25, 0.3) is 0 Å². The summed E-state index contributed by atoms with van der Waals surface area (Å²) in [6.07, 6.45) is 0. The van der Waals surface area contributed by atoms with Crippen LogP contribution >= 0.6 is 22.6 Å². The van der Waals surface area contributed by atoms with Gasteiger partial charge in [0, 0.05) is 9.13 Å². The normalized spacial score (nSPS) is 11.1. The molecule has 0 aliphatic rings. The fourth-order valence-electron chi connectivity index (χ4n) is 2.16. The largest absolute Gasteiger partial charge is 0.369 e. The van der Waals surface area contributed by atoms with E-state index in [4.69, 9.17) is 5.73 Å². The smallest absolute Gasteiger partial charge is 0.205 e. The molecule has 0 aliphatic carbocycles. The number of benzene rings is 2. The molecule has 2 N–H and O–H groups in total. The number of hydrogen-bond donors (Lipinski definition) is 1. The summed E-state index contributed by atoms with van der Waals surface area (Å²) in [5, 5.41) is 0. The number of nitrogen functional groups attached to an aromatic ring is 1. The highest BCUT2D eigenvalue weighted by Gasteiger charge is 2.13. The first kappa shape index (κ1) is 12.4. The minimum Gasteiger partial charge on any atom is -0.369 e. The van der Waals surface area contributed by atoms with Crippen LogP contribution in [0.15, 0.2) is 36.4 Å². The van der Waals surface area contributed by atoms with Crippen molar-refractivity contribution in [1.29, 1.82) is 0 Å². The van der Waals surface area contributed by atoms with Crippen molar-refractivity contribution in [2.24, 2.45) is 0 Å². The Balaban J connectivity index is 2.36. The van der Waals surface area contributed by atoms with Crippen LogP contribution in [0.3, 0.4) is 0 Å². The van der Waals surface area contributed by atoms with E-state index in [9.17, 15) is 4.39 Å². The third-order valence-corrected chi connectivity index (χ3v) is 3.79. The standard InChI is InChI=1S/C14H11FIN3/c1-8-10(15)3-2-4-12(8)19-13-6-5-9(16)7-11(13)18-14(19)17/h2-7H,1H3,(H2,17,18). The van der Waals surface area contributed by atoms with Gasteiger partial charge in [0.15, 0.2) is 0 Å². The Kier molecular flexibility index (Phi) is 2.93. The molecule has 0 bridgehead atoms. The van der Waals surface area contributed by atoms with Gasteiger partial charge in [-0.1, -0.05) is 6.07 Å². The Morgan fingerprint density at radius 1 is 1.26 bits per heavy atom. The zero-order chi connectivity index (χ0) is 13.6. The molecule has 1 heterocycles. The van der Waals surface area contributed by atoms with Gasteiger partial charge in [0.05, 0.1) is 16.7 Å². The van der Waals surface area contributed by atoms with E-state index in [1.54, 1.807) is 17.6 Å². The molecule has 3 rings (SSSR count). The van der Waals surface area contributed by atoms with E-state index in [0.717, 1.165) is 20.3 Å². The average Bonchev–Trinajstić information content (AvgIpc) is 2.68. The lowest BCUT2D eigenvalue weighted by Crippen LogP contribution is -2.03. The van der Waals surface area contributed by atoms with Crippen molar-refractivity contribution in [2.75, 3.05) is 5.73 Å². The maximum absolute atomic E-state index is 13.7. The summed E-state index contributed by atoms with van der Waals surface area (Å²) in [7, 11) is 0. The molecule has 0 spiro atoms. The Labute approximate surface area is 123 Å². The SMILES string of the molecule is Cc1c(F)cccc1-n1c(N)nc2cc(I)ccc21. The summed E-state index contributed by atoms with van der Waals surface area (Å²) < 4.78 is 16.6. The van der Waals surface area contributed by atoms with E-state index in [1.807, 2.05) is 24.3 Å². The van der Waals surface area contributed by atoms with Gasteiger partial charge in [0.1, 0.15) is 5.82 Å². The van der Waals surface area contributed by atoms with Crippen LogP contribution in [0.25, 0.3) is 16.7 Å². The molecule has 96 valence electrons. The third kappa shape index (κ3) is 1.98. The quantitative estimate of drug-likeness (QED) is 0.668. The molecular weight excluding hydrogens is 356 g/mol. The second kappa shape index (κ2) is 4.48. The van der Waals surface area contributed by atoms with Crippen LogP contribution in [0.5, 0.6) is 0 Å². The molecule has 0 unspecified atom stereocenters. The first-order chi connectivity index (χ1) is 9.08. The van der Waals surface area contributed by atoms with Crippen molar-refractivity contribution in [2.45, 2.75) is 6.92 Å². The second-order valence-corrected chi connectivity index (χ2v) is 5.57. The molecule has 2 aromatic carbocycles. The number of aromatic nitrogens is 2. The highest BCUT2D eigenvalue weighted by Crippen LogP contribution is 2.27. The predicted molar refractivity (Wildman–Crippen MR) is 82.9 cm³/mol. The van der Waals surface area contributed by atoms with Crippen molar-refractivity contribution in [3.05, 3.63) is 51.3 Å². The maximum Gasteiger partial charge on any atom is 0.205 e. The lowest BCUT2D eigenvalue weighted by atomic mass is 10.2. The van der Waals surface area contributed by atoms with Crippen LogP contribution in [-0.4, -0.2) is 9.55 Å². The number of nitrogens with zero attached hydrogens (tertiary/aromatic N) is 2. The van der Waals surface area contributed by atoms with Gasteiger partial charge in [-0.2, -0.15) is 0 Å². The molecule has 5 heteroatoms. The predicted octanol–water partition coefficient (Wildman–Crippen LogP) is 3.66. The van der Waals surface area contributed by atoms with Crippen molar-refractivity contribution in [3.8, 4) is 5.69 Å². The van der Waals surface area contributed by atoms with E-state index >= 15 is 0 Å². The summed E-state index contributed by atoms with van der Waals surface area (Å²) >= 11 is 2.23. The van der Waals surface area contributed by atoms with Crippen LogP contribution in [-0.2, 0) is 0 Å². The molecule has 0 aliphatic heterocycles. The van der Waals surface area contributed by atoms with Gasteiger partial charge in [0.2, 0.25) is 5.95 Å². The highest BCUT2D eigenvalue weighted by molar-refractivity contribution is 14.1. The molecule has 0 saturated carbocycles. The van der Waals surface area contributed by atoms with Crippen LogP contribution in [0.1, 0.15) is 5.56 Å². The van der Waals surface area contributed by atoms with E-state index < -0.39 is 0 Å². The molecule has 0 radical (unpaired) electrons. The van der Waals surface area contributed by atoms with Gasteiger partial charge >= 0.3 is 0 Å². The Hall–Kier alpha value is -1.63. The zero-order valence-electron chi connectivity index (χ0n) is 10.2. The summed E-state index contributed by atoms with van der Waals surface area (Å²) in [5.74, 6) is 0.120. The Morgan fingerprint density at radius 3 is 2.84 bits per heavy atom. The van der Waals surface area contributed by atoms with Crippen LogP contribution in [0, 0.1) is 16.3 Å². The molecule has 3 nitrogen and oxygen atoms in total. The van der Waals surface area contributed by atoms with Gasteiger partial charge < -0.3 is 5.73 Å². The monoisotopic (exact) mass is 367 g/mol. The molecule has 1 aromatic heterocycles. The number of rotatable bonds is 1. The summed E-state index contributed by atoms with van der Waals surface area (Å²) in [4.78, 5) is 4.33. The van der Waals surface area contributed by atoms with Crippen molar-refractivity contribution in [3.63, 3.8) is 0 Å². The molecular formula is C14H11FIN3. The van der Waals surface area contributed by atoms with E-state index in [1.165, 1.54) is 6.07 Å². The summed E-state index contributed by atoms with van der Waals surface area (Å²) in [6.45, 7) is 1.74. The van der Waals surface area contributed by atoms with E-state index in [-0.39, 0.29) is 5.82 Å². The van der Waals surface area contributed by atoms with Gasteiger partial charge in [-0.25, -0.2) is 9.37 Å². The Bertz CT molecular complexity index is 780. The maximum atomic E-state index is 13.7. The Morgan fingerprint density at radius 2 is 2.05 bits per heavy atom. The minimum atomic E-state index is -0.246. The number of anilines is 1. The topological polar surface area (TPSA) is 43.8 Å². The zero-order valence-corrected chi connectivity index (χ0v) is 12.3. The van der Waals surface area contributed by atoms with Crippen molar-refractivity contribution in [1.82, 2.24) is 9.55 Å². The molecule has 0 saturated heterocycles. The molecule has 3 aromatic rings. The van der Waals surface area contributed by atoms with Crippen molar-refractivity contribution >= 4 is 39.6 Å². The average molecular weight is 367 g/mol. The van der Waals surface area contributed by atoms with Crippen LogP contribution in [0.4, 0.5) is 10.3 Å². The highest BCUT2D eigenvalue weighted by atomic mass is 127. The second-order valence-electron chi connectivity index (χ2n) is 4.32. The lowest BCUT2D eigenvalue weighted by molar-refractivity contribution is 0.617. The lowest BCUT2D eigenvalue weighted by Gasteiger charge is -2.10. The summed E-state index contributed by atoms with van der Waals surface area (Å²) in [5.41, 5.74) is 8.96. The van der Waals surface area contributed by atoms with Crippen LogP contribution < -0.4 is 5.73 Å². The summed E-state index contributed by atoms with van der Waals surface area (Å²) in [6, 6.07) is 10.8. The first-order valence-corrected chi connectivity index (χ1v) is 6.85. The number of nitrogens with two attached hydrogens (primary N) is 1. The van der Waals surface area contributed by atoms with E-state index in [2.05, 4.69) is 27.6 Å². The first-order valence-electron chi connectivity index (χ1n) is 5.77. The number of imidazole rings is 1. The third-order valence-electron chi connectivity index (χ3n) is 3.12. The fourth-order valence-corrected chi connectivity index (χ4v) is 2.64. The number of hydrogen-bond acceptors (Lipinski definition) is 2. The van der Waals surface area contributed by atoms with Gasteiger partial charge in [-0.15, -0.1) is 0 Å². The van der Waals surface area contributed by atoms with Crippen LogP contribution in [0.2, 0.25) is 0 Å². The number of halogens is 2. The van der Waals surface area contributed by atoms with Gasteiger partial charge in [-0.3, -0.25) is 4.57 Å². The van der Waals surface area contributed by atoms with E-state index in [0.29, 0.717) is 11.5 Å². The fraction of sp³-hybridized carbons (Fsp3) is 0.0714. The number of fused-ring (bicyclic) bond motifs is 1. The van der Waals surface area contributed by atoms with Crippen molar-refractivity contribution < 1.29 is 4.39 Å². The molecule has 19 heavy (non-hydrogen) atoms.